The number of hydrogen-bond donors (Lipinski definition) is 0. The van der Waals surface area contributed by atoms with Crippen LogP contribution in [0.2, 0.25) is 0 Å². The molecule has 0 saturated carbocycles. The number of ether oxygens (including phenoxy) is 3. The first-order valence-corrected chi connectivity index (χ1v) is 7.79. The molecule has 3 fully saturated rings. The Labute approximate surface area is 120 Å². The summed E-state index contributed by atoms with van der Waals surface area (Å²) < 4.78 is 17.3. The van der Waals surface area contributed by atoms with Crippen LogP contribution >= 0.6 is 0 Å². The van der Waals surface area contributed by atoms with Gasteiger partial charge in [0.1, 0.15) is 6.10 Å². The summed E-state index contributed by atoms with van der Waals surface area (Å²) in [6, 6.07) is 0.815. The number of esters is 1. The number of carbonyl (C=O) groups is 1. The highest BCUT2D eigenvalue weighted by atomic mass is 16.7. The summed E-state index contributed by atoms with van der Waals surface area (Å²) in [7, 11) is 2.16. The molecular formula is C15H25NO4. The number of carbonyl (C=O) groups excluding carboxylic acids is 1. The molecular weight excluding hydrogens is 258 g/mol. The fraction of sp³-hybridized carbons (Fsp3) is 0.933. The lowest BCUT2D eigenvalue weighted by molar-refractivity contribution is -0.193. The van der Waals surface area contributed by atoms with Crippen LogP contribution in [0.1, 0.15) is 45.4 Å². The van der Waals surface area contributed by atoms with E-state index in [1.165, 1.54) is 13.3 Å². The van der Waals surface area contributed by atoms with Gasteiger partial charge in [0.05, 0.1) is 6.10 Å². The van der Waals surface area contributed by atoms with Crippen molar-refractivity contribution in [3.63, 3.8) is 0 Å². The molecule has 0 radical (unpaired) electrons. The SMILES string of the molecule is CC(=O)O[C@H]1C[C@H]2C[C@H](OC3CCCCO3)[C@@H](C1)N2C. The van der Waals surface area contributed by atoms with Gasteiger partial charge < -0.3 is 14.2 Å². The monoisotopic (exact) mass is 283 g/mol. The van der Waals surface area contributed by atoms with Crippen LogP contribution in [0.15, 0.2) is 0 Å². The largest absolute Gasteiger partial charge is 0.462 e. The molecule has 5 atom stereocenters. The van der Waals surface area contributed by atoms with Gasteiger partial charge >= 0.3 is 5.97 Å². The Morgan fingerprint density at radius 2 is 2.10 bits per heavy atom. The van der Waals surface area contributed by atoms with E-state index in [2.05, 4.69) is 11.9 Å². The van der Waals surface area contributed by atoms with E-state index in [9.17, 15) is 4.79 Å². The van der Waals surface area contributed by atoms with Crippen LogP contribution in [0, 0.1) is 0 Å². The van der Waals surface area contributed by atoms with Gasteiger partial charge in [0.25, 0.3) is 0 Å². The van der Waals surface area contributed by atoms with E-state index in [0.717, 1.165) is 38.7 Å². The summed E-state index contributed by atoms with van der Waals surface area (Å²) in [6.45, 7) is 2.31. The molecule has 0 aromatic carbocycles. The number of piperidine rings is 1. The second kappa shape index (κ2) is 6.00. The quantitative estimate of drug-likeness (QED) is 0.738. The van der Waals surface area contributed by atoms with E-state index >= 15 is 0 Å². The van der Waals surface area contributed by atoms with Gasteiger partial charge in [0.2, 0.25) is 0 Å². The predicted octanol–water partition coefficient (Wildman–Crippen LogP) is 1.70. The van der Waals surface area contributed by atoms with Gasteiger partial charge in [0.15, 0.2) is 6.29 Å². The molecule has 3 rings (SSSR count). The minimum atomic E-state index is -0.174. The van der Waals surface area contributed by atoms with Gasteiger partial charge in [-0.15, -0.1) is 0 Å². The first-order chi connectivity index (χ1) is 9.63. The van der Waals surface area contributed by atoms with Crippen molar-refractivity contribution in [2.24, 2.45) is 0 Å². The van der Waals surface area contributed by atoms with Crippen molar-refractivity contribution in [3.8, 4) is 0 Å². The van der Waals surface area contributed by atoms with Gasteiger partial charge in [-0.05, 0) is 32.7 Å². The highest BCUT2D eigenvalue weighted by Gasteiger charge is 2.47. The molecule has 3 aliphatic rings. The second-order valence-corrected chi connectivity index (χ2v) is 6.30. The first kappa shape index (κ1) is 14.3. The third-order valence-electron chi connectivity index (χ3n) is 4.87. The predicted molar refractivity (Wildman–Crippen MR) is 73.2 cm³/mol. The smallest absolute Gasteiger partial charge is 0.302 e. The molecule has 3 saturated heterocycles. The van der Waals surface area contributed by atoms with Crippen LogP contribution in [0.5, 0.6) is 0 Å². The average Bonchev–Trinajstić information content (AvgIpc) is 2.59. The first-order valence-electron chi connectivity index (χ1n) is 7.79. The lowest BCUT2D eigenvalue weighted by Crippen LogP contribution is -2.46. The van der Waals surface area contributed by atoms with Crippen molar-refractivity contribution < 1.29 is 19.0 Å². The van der Waals surface area contributed by atoms with Gasteiger partial charge in [-0.2, -0.15) is 0 Å². The van der Waals surface area contributed by atoms with E-state index in [0.29, 0.717) is 12.1 Å². The molecule has 0 aromatic heterocycles. The molecule has 0 spiro atoms. The summed E-state index contributed by atoms with van der Waals surface area (Å²) >= 11 is 0. The molecule has 5 nitrogen and oxygen atoms in total. The molecule has 2 bridgehead atoms. The van der Waals surface area contributed by atoms with Gasteiger partial charge in [-0.3, -0.25) is 9.69 Å². The minimum Gasteiger partial charge on any atom is -0.462 e. The summed E-state index contributed by atoms with van der Waals surface area (Å²) in [5.41, 5.74) is 0. The maximum Gasteiger partial charge on any atom is 0.302 e. The topological polar surface area (TPSA) is 48.0 Å². The van der Waals surface area contributed by atoms with Crippen LogP contribution in [-0.4, -0.2) is 55.1 Å². The molecule has 114 valence electrons. The zero-order chi connectivity index (χ0) is 14.1. The molecule has 0 aliphatic carbocycles. The second-order valence-electron chi connectivity index (χ2n) is 6.30. The summed E-state index contributed by atoms with van der Waals surface area (Å²) in [5, 5.41) is 0. The lowest BCUT2D eigenvalue weighted by Gasteiger charge is -2.37. The van der Waals surface area contributed by atoms with E-state index < -0.39 is 0 Å². The number of fused-ring (bicyclic) bond motifs is 2. The van der Waals surface area contributed by atoms with Crippen molar-refractivity contribution >= 4 is 5.97 Å². The molecule has 5 heteroatoms. The number of hydrogen-bond acceptors (Lipinski definition) is 5. The molecule has 20 heavy (non-hydrogen) atoms. The van der Waals surface area contributed by atoms with Crippen molar-refractivity contribution in [2.45, 2.75) is 76.0 Å². The molecule has 3 heterocycles. The maximum absolute atomic E-state index is 11.1. The summed E-state index contributed by atoms with van der Waals surface area (Å²) in [4.78, 5) is 13.5. The fourth-order valence-corrected chi connectivity index (χ4v) is 3.86. The van der Waals surface area contributed by atoms with Gasteiger partial charge in [-0.1, -0.05) is 0 Å². The minimum absolute atomic E-state index is 0.0336. The van der Waals surface area contributed by atoms with Crippen molar-refractivity contribution in [1.29, 1.82) is 0 Å². The van der Waals surface area contributed by atoms with E-state index in [1.54, 1.807) is 0 Å². The van der Waals surface area contributed by atoms with Crippen molar-refractivity contribution in [3.05, 3.63) is 0 Å². The van der Waals surface area contributed by atoms with E-state index in [1.807, 2.05) is 0 Å². The maximum atomic E-state index is 11.1. The van der Waals surface area contributed by atoms with Crippen LogP contribution in [0.3, 0.4) is 0 Å². The molecule has 3 aliphatic heterocycles. The Morgan fingerprint density at radius 3 is 2.80 bits per heavy atom. The summed E-state index contributed by atoms with van der Waals surface area (Å²) in [5.74, 6) is -0.174. The van der Waals surface area contributed by atoms with Gasteiger partial charge in [0, 0.05) is 38.5 Å². The molecule has 1 unspecified atom stereocenters. The van der Waals surface area contributed by atoms with Crippen LogP contribution in [0.4, 0.5) is 0 Å². The zero-order valence-electron chi connectivity index (χ0n) is 12.4. The molecule has 0 aromatic rings. The third kappa shape index (κ3) is 3.00. The van der Waals surface area contributed by atoms with Crippen LogP contribution in [-0.2, 0) is 19.0 Å². The standard InChI is InChI=1S/C15H25NO4/c1-10(17)19-12-7-11-8-14(13(9-12)16(11)2)20-15-5-3-4-6-18-15/h11-15H,3-9H2,1-2H3/t11-,12-,13+,14-,15?/m0/s1. The van der Waals surface area contributed by atoms with Crippen LogP contribution < -0.4 is 0 Å². The van der Waals surface area contributed by atoms with Crippen molar-refractivity contribution in [1.82, 2.24) is 4.90 Å². The zero-order valence-corrected chi connectivity index (χ0v) is 12.4. The van der Waals surface area contributed by atoms with E-state index in [4.69, 9.17) is 14.2 Å². The highest BCUT2D eigenvalue weighted by molar-refractivity contribution is 5.66. The average molecular weight is 283 g/mol. The molecule has 0 amide bonds. The normalized spacial score (nSPS) is 41.6. The molecule has 0 N–H and O–H groups in total. The number of rotatable bonds is 3. The Bertz CT molecular complexity index is 356. The van der Waals surface area contributed by atoms with E-state index in [-0.39, 0.29) is 24.5 Å². The third-order valence-corrected chi connectivity index (χ3v) is 4.87. The Morgan fingerprint density at radius 1 is 1.25 bits per heavy atom. The van der Waals surface area contributed by atoms with Gasteiger partial charge in [-0.25, -0.2) is 0 Å². The lowest BCUT2D eigenvalue weighted by atomic mass is 10.0. The highest BCUT2D eigenvalue weighted by Crippen LogP contribution is 2.38. The fourth-order valence-electron chi connectivity index (χ4n) is 3.86. The van der Waals surface area contributed by atoms with Crippen molar-refractivity contribution in [2.75, 3.05) is 13.7 Å². The Hall–Kier alpha value is -0.650. The van der Waals surface area contributed by atoms with Crippen LogP contribution in [0.25, 0.3) is 0 Å². The summed E-state index contributed by atoms with van der Waals surface area (Å²) in [6.07, 6.45) is 6.41. The Balaban J connectivity index is 1.59. The number of nitrogens with zero attached hydrogens (tertiary/aromatic N) is 1. The number of likely N-dealkylation sites (N-methyl/N-ethyl adjacent to an activating group) is 1. The Kier molecular flexibility index (Phi) is 4.29.